The summed E-state index contributed by atoms with van der Waals surface area (Å²) in [5, 5.41) is 4.40. The predicted molar refractivity (Wildman–Crippen MR) is 91.6 cm³/mol. The number of amides is 1. The molecule has 1 heterocycles. The Morgan fingerprint density at radius 2 is 1.83 bits per heavy atom. The van der Waals surface area contributed by atoms with Crippen molar-refractivity contribution in [2.24, 2.45) is 0 Å². The summed E-state index contributed by atoms with van der Waals surface area (Å²) in [7, 11) is 0. The molecule has 5 nitrogen and oxygen atoms in total. The monoisotopic (exact) mass is 341 g/mol. The number of rotatable bonds is 5. The van der Waals surface area contributed by atoms with Gasteiger partial charge >= 0.3 is 0 Å². The third-order valence-corrected chi connectivity index (χ3v) is 3.93. The van der Waals surface area contributed by atoms with Crippen LogP contribution in [0.3, 0.4) is 0 Å². The van der Waals surface area contributed by atoms with Gasteiger partial charge in [0.25, 0.3) is 5.91 Å². The van der Waals surface area contributed by atoms with E-state index in [0.29, 0.717) is 28.8 Å². The first kappa shape index (κ1) is 16.2. The highest BCUT2D eigenvalue weighted by Crippen LogP contribution is 2.19. The van der Waals surface area contributed by atoms with Gasteiger partial charge in [-0.05, 0) is 19.1 Å². The Morgan fingerprint density at radius 3 is 2.54 bits per heavy atom. The molecule has 1 aromatic heterocycles. The van der Waals surface area contributed by atoms with Gasteiger partial charge in [-0.15, -0.1) is 0 Å². The van der Waals surface area contributed by atoms with E-state index in [1.54, 1.807) is 29.2 Å². The molecule has 1 amide bonds. The summed E-state index contributed by atoms with van der Waals surface area (Å²) in [5.41, 5.74) is 1.33. The van der Waals surface area contributed by atoms with E-state index < -0.39 is 0 Å². The lowest BCUT2D eigenvalue weighted by atomic mass is 10.2. The number of aromatic nitrogens is 2. The van der Waals surface area contributed by atoms with Gasteiger partial charge in [0.2, 0.25) is 11.7 Å². The van der Waals surface area contributed by atoms with Crippen molar-refractivity contribution in [2.45, 2.75) is 13.5 Å². The van der Waals surface area contributed by atoms with Crippen LogP contribution in [0.15, 0.2) is 59.1 Å². The van der Waals surface area contributed by atoms with Gasteiger partial charge in [-0.25, -0.2) is 0 Å². The Morgan fingerprint density at radius 1 is 1.12 bits per heavy atom. The van der Waals surface area contributed by atoms with Crippen LogP contribution in [0, 0.1) is 0 Å². The van der Waals surface area contributed by atoms with E-state index in [-0.39, 0.29) is 12.5 Å². The summed E-state index contributed by atoms with van der Waals surface area (Å²) in [5.74, 6) is 0.727. The van der Waals surface area contributed by atoms with Gasteiger partial charge < -0.3 is 9.42 Å². The van der Waals surface area contributed by atoms with E-state index >= 15 is 0 Å². The SMILES string of the molecule is CCN(Cc1nc(-c2ccccc2)no1)C(=O)c1ccccc1Cl. The quantitative estimate of drug-likeness (QED) is 0.702. The van der Waals surface area contributed by atoms with Crippen molar-refractivity contribution in [1.29, 1.82) is 0 Å². The Balaban J connectivity index is 1.78. The standard InChI is InChI=1S/C18H16ClN3O2/c1-2-22(18(23)14-10-6-7-11-15(14)19)12-16-20-17(21-24-16)13-8-4-3-5-9-13/h3-11H,2,12H2,1H3. The Bertz CT molecular complexity index is 833. The van der Waals surface area contributed by atoms with E-state index in [0.717, 1.165) is 5.56 Å². The lowest BCUT2D eigenvalue weighted by Crippen LogP contribution is -2.30. The lowest BCUT2D eigenvalue weighted by molar-refractivity contribution is 0.0734. The highest BCUT2D eigenvalue weighted by Gasteiger charge is 2.20. The van der Waals surface area contributed by atoms with E-state index in [9.17, 15) is 4.79 Å². The first-order valence-electron chi connectivity index (χ1n) is 7.61. The van der Waals surface area contributed by atoms with E-state index in [1.165, 1.54) is 0 Å². The average molecular weight is 342 g/mol. The zero-order valence-corrected chi connectivity index (χ0v) is 13.9. The van der Waals surface area contributed by atoms with Crippen LogP contribution < -0.4 is 0 Å². The number of hydrogen-bond acceptors (Lipinski definition) is 4. The zero-order chi connectivity index (χ0) is 16.9. The molecule has 0 bridgehead atoms. The Kier molecular flexibility index (Phi) is 4.91. The molecule has 0 spiro atoms. The van der Waals surface area contributed by atoms with Gasteiger partial charge in [-0.2, -0.15) is 4.98 Å². The second-order valence-electron chi connectivity index (χ2n) is 5.18. The third kappa shape index (κ3) is 3.46. The third-order valence-electron chi connectivity index (χ3n) is 3.60. The molecule has 0 saturated carbocycles. The fourth-order valence-corrected chi connectivity index (χ4v) is 2.54. The van der Waals surface area contributed by atoms with E-state index in [1.807, 2.05) is 37.3 Å². The van der Waals surface area contributed by atoms with Crippen molar-refractivity contribution in [2.75, 3.05) is 6.54 Å². The van der Waals surface area contributed by atoms with E-state index in [2.05, 4.69) is 10.1 Å². The summed E-state index contributed by atoms with van der Waals surface area (Å²) < 4.78 is 5.28. The molecule has 0 aliphatic rings. The number of halogens is 1. The molecule has 0 saturated heterocycles. The number of nitrogens with zero attached hydrogens (tertiary/aromatic N) is 3. The molecule has 24 heavy (non-hydrogen) atoms. The summed E-state index contributed by atoms with van der Waals surface area (Å²) in [6.07, 6.45) is 0. The number of carbonyl (C=O) groups is 1. The average Bonchev–Trinajstić information content (AvgIpc) is 3.09. The molecule has 0 N–H and O–H groups in total. The second kappa shape index (κ2) is 7.27. The van der Waals surface area contributed by atoms with Crippen molar-refractivity contribution in [3.63, 3.8) is 0 Å². The highest BCUT2D eigenvalue weighted by molar-refractivity contribution is 6.33. The molecular weight excluding hydrogens is 326 g/mol. The minimum absolute atomic E-state index is 0.164. The lowest BCUT2D eigenvalue weighted by Gasteiger charge is -2.19. The maximum Gasteiger partial charge on any atom is 0.255 e. The summed E-state index contributed by atoms with van der Waals surface area (Å²) in [6.45, 7) is 2.64. The second-order valence-corrected chi connectivity index (χ2v) is 5.58. The first-order valence-corrected chi connectivity index (χ1v) is 7.98. The molecular formula is C18H16ClN3O2. The smallest absolute Gasteiger partial charge is 0.255 e. The highest BCUT2D eigenvalue weighted by atomic mass is 35.5. The molecule has 0 unspecified atom stereocenters. The summed E-state index contributed by atoms with van der Waals surface area (Å²) in [6, 6.07) is 16.5. The van der Waals surface area contributed by atoms with Gasteiger partial charge in [-0.1, -0.05) is 59.2 Å². The van der Waals surface area contributed by atoms with Crippen molar-refractivity contribution in [1.82, 2.24) is 15.0 Å². The van der Waals surface area contributed by atoms with Gasteiger partial charge in [-0.3, -0.25) is 4.79 Å². The zero-order valence-electron chi connectivity index (χ0n) is 13.1. The van der Waals surface area contributed by atoms with Gasteiger partial charge in [0.15, 0.2) is 0 Å². The molecule has 3 rings (SSSR count). The van der Waals surface area contributed by atoms with Crippen molar-refractivity contribution >= 4 is 17.5 Å². The van der Waals surface area contributed by atoms with Gasteiger partial charge in [0.1, 0.15) is 6.54 Å². The largest absolute Gasteiger partial charge is 0.337 e. The molecule has 2 aromatic carbocycles. The first-order chi connectivity index (χ1) is 11.7. The minimum atomic E-state index is -0.164. The minimum Gasteiger partial charge on any atom is -0.337 e. The predicted octanol–water partition coefficient (Wildman–Crippen LogP) is 4.05. The Labute approximate surface area is 144 Å². The van der Waals surface area contributed by atoms with Crippen LogP contribution in [0.25, 0.3) is 11.4 Å². The molecule has 0 aliphatic heterocycles. The maximum atomic E-state index is 12.6. The van der Waals surface area contributed by atoms with Gasteiger partial charge in [0, 0.05) is 12.1 Å². The van der Waals surface area contributed by atoms with Crippen molar-refractivity contribution in [3.05, 3.63) is 71.1 Å². The topological polar surface area (TPSA) is 59.2 Å². The Hall–Kier alpha value is -2.66. The van der Waals surface area contributed by atoms with Crippen molar-refractivity contribution in [3.8, 4) is 11.4 Å². The van der Waals surface area contributed by atoms with Crippen LogP contribution in [-0.2, 0) is 6.54 Å². The fraction of sp³-hybridized carbons (Fsp3) is 0.167. The van der Waals surface area contributed by atoms with Crippen LogP contribution in [0.5, 0.6) is 0 Å². The molecule has 0 aliphatic carbocycles. The number of hydrogen-bond donors (Lipinski definition) is 0. The summed E-state index contributed by atoms with van der Waals surface area (Å²) >= 11 is 6.11. The number of carbonyl (C=O) groups excluding carboxylic acids is 1. The van der Waals surface area contributed by atoms with Crippen LogP contribution in [0.2, 0.25) is 5.02 Å². The van der Waals surface area contributed by atoms with E-state index in [4.69, 9.17) is 16.1 Å². The van der Waals surface area contributed by atoms with Crippen LogP contribution in [-0.4, -0.2) is 27.5 Å². The maximum absolute atomic E-state index is 12.6. The van der Waals surface area contributed by atoms with Crippen LogP contribution in [0.1, 0.15) is 23.2 Å². The molecule has 122 valence electrons. The molecule has 3 aromatic rings. The number of benzene rings is 2. The molecule has 0 fully saturated rings. The van der Waals surface area contributed by atoms with Crippen LogP contribution >= 0.6 is 11.6 Å². The van der Waals surface area contributed by atoms with Crippen molar-refractivity contribution < 1.29 is 9.32 Å². The fourth-order valence-electron chi connectivity index (χ4n) is 2.32. The molecule has 0 radical (unpaired) electrons. The van der Waals surface area contributed by atoms with Crippen LogP contribution in [0.4, 0.5) is 0 Å². The molecule has 0 atom stereocenters. The van der Waals surface area contributed by atoms with Gasteiger partial charge in [0.05, 0.1) is 10.6 Å². The molecule has 6 heteroatoms. The summed E-state index contributed by atoms with van der Waals surface area (Å²) in [4.78, 5) is 18.6. The normalized spacial score (nSPS) is 10.6.